The molecule has 3 aromatic rings. The molecule has 0 spiro atoms. The van der Waals surface area contributed by atoms with Crippen molar-refractivity contribution in [3.05, 3.63) is 48.2 Å². The third kappa shape index (κ3) is 3.37. The van der Waals surface area contributed by atoms with E-state index in [1.807, 2.05) is 37.3 Å². The lowest BCUT2D eigenvalue weighted by Crippen LogP contribution is -2.20. The summed E-state index contributed by atoms with van der Waals surface area (Å²) in [5.74, 6) is -2.81. The second-order valence-corrected chi connectivity index (χ2v) is 6.98. The van der Waals surface area contributed by atoms with Crippen molar-refractivity contribution in [2.45, 2.75) is 19.5 Å². The smallest absolute Gasteiger partial charge is 0.383 e. The van der Waals surface area contributed by atoms with Gasteiger partial charge in [-0.05, 0) is 36.4 Å². The molecule has 5 nitrogen and oxygen atoms in total. The standard InChI is InChI=1S/C20H17F3N4O/c1-10-4-2-3-5-12(10)16-6-11-7-17(25-9-14(11)18(24)26-16)27-19(28)13-8-15(13)20(21,22)23/h2-7,9,13,15H,8H2,1H3,(H2,24,26)(H,25,27,28)/t13-,15-/m1/s1. The number of nitrogens with two attached hydrogens (primary N) is 1. The fourth-order valence-corrected chi connectivity index (χ4v) is 3.31. The summed E-state index contributed by atoms with van der Waals surface area (Å²) < 4.78 is 38.0. The largest absolute Gasteiger partial charge is 0.392 e. The number of amides is 1. The number of pyridine rings is 2. The molecule has 1 fully saturated rings. The monoisotopic (exact) mass is 386 g/mol. The molecule has 1 aliphatic carbocycles. The Hall–Kier alpha value is -3.16. The summed E-state index contributed by atoms with van der Waals surface area (Å²) in [5.41, 5.74) is 8.68. The van der Waals surface area contributed by atoms with Gasteiger partial charge in [0.25, 0.3) is 0 Å². The van der Waals surface area contributed by atoms with E-state index in [0.29, 0.717) is 22.3 Å². The first-order valence-corrected chi connectivity index (χ1v) is 8.74. The van der Waals surface area contributed by atoms with E-state index in [1.54, 1.807) is 6.07 Å². The number of nitrogens with one attached hydrogen (secondary N) is 1. The first kappa shape index (κ1) is 18.2. The third-order valence-electron chi connectivity index (χ3n) is 4.96. The molecular formula is C20H17F3N4O. The number of nitrogen functional groups attached to an aromatic ring is 1. The highest BCUT2D eigenvalue weighted by Crippen LogP contribution is 2.50. The number of anilines is 2. The van der Waals surface area contributed by atoms with E-state index in [0.717, 1.165) is 11.1 Å². The summed E-state index contributed by atoms with van der Waals surface area (Å²) in [6, 6.07) is 11.1. The van der Waals surface area contributed by atoms with Crippen LogP contribution in [0.25, 0.3) is 22.0 Å². The maximum atomic E-state index is 12.7. The number of benzene rings is 1. The fraction of sp³-hybridized carbons (Fsp3) is 0.250. The quantitative estimate of drug-likeness (QED) is 0.702. The molecular weight excluding hydrogens is 369 g/mol. The van der Waals surface area contributed by atoms with E-state index in [4.69, 9.17) is 5.73 Å². The Balaban J connectivity index is 1.63. The highest BCUT2D eigenvalue weighted by molar-refractivity contribution is 5.98. The van der Waals surface area contributed by atoms with E-state index in [2.05, 4.69) is 15.3 Å². The van der Waals surface area contributed by atoms with Crippen LogP contribution >= 0.6 is 0 Å². The van der Waals surface area contributed by atoms with Crippen molar-refractivity contribution in [3.63, 3.8) is 0 Å². The number of aromatic nitrogens is 2. The van der Waals surface area contributed by atoms with Gasteiger partial charge in [-0.15, -0.1) is 0 Å². The average Bonchev–Trinajstić information content (AvgIpc) is 3.43. The SMILES string of the molecule is Cc1ccccc1-c1cc2cc(NC(=O)[C@@H]3C[C@H]3C(F)(F)F)ncc2c(N)n1. The van der Waals surface area contributed by atoms with Crippen molar-refractivity contribution in [2.75, 3.05) is 11.1 Å². The van der Waals surface area contributed by atoms with Crippen LogP contribution in [0.1, 0.15) is 12.0 Å². The molecule has 8 heteroatoms. The number of hydrogen-bond donors (Lipinski definition) is 2. The minimum Gasteiger partial charge on any atom is -0.383 e. The van der Waals surface area contributed by atoms with Crippen LogP contribution in [0.15, 0.2) is 42.6 Å². The third-order valence-corrected chi connectivity index (χ3v) is 4.96. The lowest BCUT2D eigenvalue weighted by molar-refractivity contribution is -0.153. The molecule has 144 valence electrons. The molecule has 0 radical (unpaired) electrons. The van der Waals surface area contributed by atoms with Gasteiger partial charge in [-0.3, -0.25) is 4.79 Å². The maximum Gasteiger partial charge on any atom is 0.392 e. The van der Waals surface area contributed by atoms with Crippen molar-refractivity contribution < 1.29 is 18.0 Å². The molecule has 4 rings (SSSR count). The predicted molar refractivity (Wildman–Crippen MR) is 100 cm³/mol. The van der Waals surface area contributed by atoms with Crippen molar-refractivity contribution in [3.8, 4) is 11.3 Å². The maximum absolute atomic E-state index is 12.7. The van der Waals surface area contributed by atoms with E-state index in [-0.39, 0.29) is 12.2 Å². The van der Waals surface area contributed by atoms with Crippen LogP contribution in [0.2, 0.25) is 0 Å². The summed E-state index contributed by atoms with van der Waals surface area (Å²) in [5, 5.41) is 3.78. The number of aryl methyl sites for hydroxylation is 1. The zero-order valence-electron chi connectivity index (χ0n) is 14.9. The predicted octanol–water partition coefficient (Wildman–Crippen LogP) is 4.32. The average molecular weight is 386 g/mol. The fourth-order valence-electron chi connectivity index (χ4n) is 3.31. The first-order valence-electron chi connectivity index (χ1n) is 8.74. The molecule has 1 amide bonds. The molecule has 1 aliphatic rings. The second kappa shape index (κ2) is 6.47. The molecule has 3 N–H and O–H groups in total. The van der Waals surface area contributed by atoms with Crippen LogP contribution in [0.3, 0.4) is 0 Å². The Kier molecular flexibility index (Phi) is 4.21. The molecule has 2 atom stereocenters. The van der Waals surface area contributed by atoms with E-state index in [9.17, 15) is 18.0 Å². The van der Waals surface area contributed by atoms with Gasteiger partial charge in [-0.1, -0.05) is 24.3 Å². The number of fused-ring (bicyclic) bond motifs is 1. The van der Waals surface area contributed by atoms with Crippen LogP contribution in [0, 0.1) is 18.8 Å². The molecule has 0 aliphatic heterocycles. The van der Waals surface area contributed by atoms with E-state index in [1.165, 1.54) is 6.20 Å². The van der Waals surface area contributed by atoms with Crippen LogP contribution in [-0.2, 0) is 4.79 Å². The number of rotatable bonds is 3. The number of carbonyl (C=O) groups is 1. The van der Waals surface area contributed by atoms with Crippen molar-refractivity contribution in [1.29, 1.82) is 0 Å². The van der Waals surface area contributed by atoms with Crippen LogP contribution < -0.4 is 11.1 Å². The van der Waals surface area contributed by atoms with Crippen LogP contribution in [0.5, 0.6) is 0 Å². The Morgan fingerprint density at radius 1 is 1.25 bits per heavy atom. The molecule has 0 bridgehead atoms. The summed E-state index contributed by atoms with van der Waals surface area (Å²) in [6.07, 6.45) is -3.07. The van der Waals surface area contributed by atoms with Gasteiger partial charge >= 0.3 is 6.18 Å². The number of hydrogen-bond acceptors (Lipinski definition) is 4. The molecule has 1 saturated carbocycles. The summed E-state index contributed by atoms with van der Waals surface area (Å²) in [7, 11) is 0. The molecule has 0 saturated heterocycles. The topological polar surface area (TPSA) is 80.9 Å². The van der Waals surface area contributed by atoms with E-state index >= 15 is 0 Å². The van der Waals surface area contributed by atoms with Crippen molar-refractivity contribution in [1.82, 2.24) is 9.97 Å². The Bertz CT molecular complexity index is 1080. The minimum absolute atomic E-state index is 0.183. The molecule has 0 unspecified atom stereocenters. The summed E-state index contributed by atoms with van der Waals surface area (Å²) in [4.78, 5) is 20.6. The lowest BCUT2D eigenvalue weighted by Gasteiger charge is -2.10. The Labute approximate surface area is 158 Å². The lowest BCUT2D eigenvalue weighted by atomic mass is 10.0. The number of alkyl halides is 3. The first-order chi connectivity index (χ1) is 13.2. The van der Waals surface area contributed by atoms with E-state index < -0.39 is 23.9 Å². The normalized spacial score (nSPS) is 18.9. The van der Waals surface area contributed by atoms with Gasteiger partial charge in [0.1, 0.15) is 11.6 Å². The second-order valence-electron chi connectivity index (χ2n) is 6.98. The Morgan fingerprint density at radius 3 is 2.68 bits per heavy atom. The van der Waals surface area contributed by atoms with Crippen molar-refractivity contribution in [2.24, 2.45) is 11.8 Å². The molecule has 28 heavy (non-hydrogen) atoms. The summed E-state index contributed by atoms with van der Waals surface area (Å²) in [6.45, 7) is 1.96. The summed E-state index contributed by atoms with van der Waals surface area (Å²) >= 11 is 0. The zero-order valence-corrected chi connectivity index (χ0v) is 14.9. The van der Waals surface area contributed by atoms with Gasteiger partial charge < -0.3 is 11.1 Å². The highest BCUT2D eigenvalue weighted by Gasteiger charge is 2.58. The number of nitrogens with zero attached hydrogens (tertiary/aromatic N) is 2. The van der Waals surface area contributed by atoms with Gasteiger partial charge in [0, 0.05) is 17.1 Å². The molecule has 1 aromatic carbocycles. The number of carbonyl (C=O) groups excluding carboxylic acids is 1. The zero-order chi connectivity index (χ0) is 20.1. The number of halogens is 3. The van der Waals surface area contributed by atoms with Crippen molar-refractivity contribution >= 4 is 28.3 Å². The van der Waals surface area contributed by atoms with Crippen LogP contribution in [-0.4, -0.2) is 22.1 Å². The highest BCUT2D eigenvalue weighted by atomic mass is 19.4. The van der Waals surface area contributed by atoms with Gasteiger partial charge in [0.2, 0.25) is 5.91 Å². The van der Waals surface area contributed by atoms with Gasteiger partial charge in [0.05, 0.1) is 17.5 Å². The van der Waals surface area contributed by atoms with Gasteiger partial charge in [0.15, 0.2) is 0 Å². The minimum atomic E-state index is -4.35. The molecule has 2 aromatic heterocycles. The molecule has 2 heterocycles. The van der Waals surface area contributed by atoms with Crippen LogP contribution in [0.4, 0.5) is 24.8 Å². The van der Waals surface area contributed by atoms with Gasteiger partial charge in [-0.2, -0.15) is 13.2 Å². The van der Waals surface area contributed by atoms with Gasteiger partial charge in [-0.25, -0.2) is 9.97 Å². The Morgan fingerprint density at radius 2 is 2.00 bits per heavy atom.